The van der Waals surface area contributed by atoms with Crippen LogP contribution in [-0.2, 0) is 10.0 Å². The van der Waals surface area contributed by atoms with Gasteiger partial charge in [-0.15, -0.1) is 0 Å². The second-order valence-electron chi connectivity index (χ2n) is 4.16. The molecule has 0 bridgehead atoms. The molecule has 0 aliphatic carbocycles. The van der Waals surface area contributed by atoms with Crippen molar-refractivity contribution in [2.24, 2.45) is 0 Å². The molecule has 2 rings (SSSR count). The number of benzene rings is 1. The van der Waals surface area contributed by atoms with Crippen molar-refractivity contribution in [3.8, 4) is 0 Å². The maximum absolute atomic E-state index is 13.5. The van der Waals surface area contributed by atoms with Gasteiger partial charge in [0.05, 0.1) is 15.5 Å². The van der Waals surface area contributed by atoms with Crippen LogP contribution in [0.15, 0.2) is 41.4 Å². The highest BCUT2D eigenvalue weighted by molar-refractivity contribution is 7.92. The van der Waals surface area contributed by atoms with Crippen molar-refractivity contribution in [1.29, 1.82) is 0 Å². The van der Waals surface area contributed by atoms with Crippen LogP contribution in [-0.4, -0.2) is 18.3 Å². The molecule has 1 aromatic heterocycles. The number of rotatable bonds is 4. The summed E-state index contributed by atoms with van der Waals surface area (Å²) in [6, 6.07) is 5.32. The van der Waals surface area contributed by atoms with Gasteiger partial charge in [0.25, 0.3) is 10.0 Å². The van der Waals surface area contributed by atoms with Gasteiger partial charge in [0.1, 0.15) is 0 Å². The van der Waals surface area contributed by atoms with Crippen molar-refractivity contribution in [3.63, 3.8) is 0 Å². The van der Waals surface area contributed by atoms with E-state index in [1.165, 1.54) is 18.3 Å². The first kappa shape index (κ1) is 14.9. The Morgan fingerprint density at radius 1 is 1.29 bits per heavy atom. The van der Waals surface area contributed by atoms with Gasteiger partial charge in [0.2, 0.25) is 5.82 Å². The number of hydrogen-bond donors (Lipinski definition) is 1. The molecule has 0 aliphatic heterocycles. The summed E-state index contributed by atoms with van der Waals surface area (Å²) in [7, 11) is -4.04. The molecule has 0 saturated carbocycles. The molecule has 1 N–H and O–H groups in total. The Morgan fingerprint density at radius 2 is 2.00 bits per heavy atom. The number of sulfonamides is 1. The van der Waals surface area contributed by atoms with Gasteiger partial charge in [-0.2, -0.15) is 4.39 Å². The van der Waals surface area contributed by atoms with E-state index in [9.17, 15) is 22.9 Å². The van der Waals surface area contributed by atoms with E-state index in [4.69, 9.17) is 0 Å². The monoisotopic (exact) mass is 311 g/mol. The van der Waals surface area contributed by atoms with Crippen molar-refractivity contribution < 1.29 is 17.7 Å². The molecule has 1 heterocycles. The Hall–Kier alpha value is -2.55. The topological polar surface area (TPSA) is 102 Å². The first-order chi connectivity index (χ1) is 9.79. The lowest BCUT2D eigenvalue weighted by Gasteiger charge is -2.08. The number of nitro groups is 1. The third-order valence-corrected chi connectivity index (χ3v) is 3.95. The standard InChI is InChI=1S/C12H10FN3O4S/c1-8-6-9(4-5-14-8)15-21(19,20)10-2-3-12(16(17)18)11(13)7-10/h2-7H,1H3,(H,14,15). The average Bonchev–Trinajstić information content (AvgIpc) is 2.37. The molecule has 0 spiro atoms. The molecule has 110 valence electrons. The zero-order valence-corrected chi connectivity index (χ0v) is 11.6. The Labute approximate surface area is 119 Å². The number of aromatic nitrogens is 1. The minimum Gasteiger partial charge on any atom is -0.280 e. The number of nitro benzene ring substituents is 1. The number of nitrogens with one attached hydrogen (secondary N) is 1. The number of anilines is 1. The van der Waals surface area contributed by atoms with Crippen molar-refractivity contribution in [2.45, 2.75) is 11.8 Å². The van der Waals surface area contributed by atoms with Crippen LogP contribution in [0.25, 0.3) is 0 Å². The summed E-state index contributed by atoms with van der Waals surface area (Å²) >= 11 is 0. The van der Waals surface area contributed by atoms with Crippen molar-refractivity contribution in [1.82, 2.24) is 4.98 Å². The zero-order valence-electron chi connectivity index (χ0n) is 10.8. The first-order valence-electron chi connectivity index (χ1n) is 5.69. The van der Waals surface area contributed by atoms with Crippen LogP contribution >= 0.6 is 0 Å². The number of aryl methyl sites for hydroxylation is 1. The molecule has 0 fully saturated rings. The van der Waals surface area contributed by atoms with Crippen LogP contribution in [0.2, 0.25) is 0 Å². The lowest BCUT2D eigenvalue weighted by Crippen LogP contribution is -2.13. The van der Waals surface area contributed by atoms with Gasteiger partial charge in [-0.1, -0.05) is 0 Å². The fourth-order valence-electron chi connectivity index (χ4n) is 1.63. The normalized spacial score (nSPS) is 11.1. The van der Waals surface area contributed by atoms with E-state index in [1.807, 2.05) is 0 Å². The Kier molecular flexibility index (Phi) is 3.85. The Bertz CT molecular complexity index is 808. The highest BCUT2D eigenvalue weighted by atomic mass is 32.2. The molecule has 21 heavy (non-hydrogen) atoms. The maximum Gasteiger partial charge on any atom is 0.304 e. The molecule has 0 radical (unpaired) electrons. The quantitative estimate of drug-likeness (QED) is 0.689. The predicted molar refractivity (Wildman–Crippen MR) is 72.8 cm³/mol. The molecule has 7 nitrogen and oxygen atoms in total. The summed E-state index contributed by atoms with van der Waals surface area (Å²) in [5.74, 6) is -1.21. The Balaban J connectivity index is 2.36. The summed E-state index contributed by atoms with van der Waals surface area (Å²) in [5, 5.41) is 10.5. The lowest BCUT2D eigenvalue weighted by molar-refractivity contribution is -0.387. The van der Waals surface area contributed by atoms with Gasteiger partial charge >= 0.3 is 5.69 Å². The molecule has 9 heteroatoms. The van der Waals surface area contributed by atoms with Gasteiger partial charge in [-0.3, -0.25) is 19.8 Å². The zero-order chi connectivity index (χ0) is 15.6. The van der Waals surface area contributed by atoms with E-state index in [0.717, 1.165) is 12.1 Å². The van der Waals surface area contributed by atoms with E-state index in [-0.39, 0.29) is 5.69 Å². The summed E-state index contributed by atoms with van der Waals surface area (Å²) in [6.45, 7) is 1.68. The van der Waals surface area contributed by atoms with E-state index >= 15 is 0 Å². The maximum atomic E-state index is 13.5. The summed E-state index contributed by atoms with van der Waals surface area (Å²) in [6.07, 6.45) is 1.42. The van der Waals surface area contributed by atoms with Gasteiger partial charge < -0.3 is 0 Å². The largest absolute Gasteiger partial charge is 0.304 e. The number of nitrogens with zero attached hydrogens (tertiary/aromatic N) is 2. The highest BCUT2D eigenvalue weighted by Gasteiger charge is 2.20. The summed E-state index contributed by atoms with van der Waals surface area (Å²) < 4.78 is 39.9. The van der Waals surface area contributed by atoms with Crippen LogP contribution in [0, 0.1) is 22.9 Å². The number of pyridine rings is 1. The molecule has 0 amide bonds. The SMILES string of the molecule is Cc1cc(NS(=O)(=O)c2ccc([N+](=O)[O-])c(F)c2)ccn1. The van der Waals surface area contributed by atoms with Crippen molar-refractivity contribution >= 4 is 21.4 Å². The Morgan fingerprint density at radius 3 is 2.57 bits per heavy atom. The second kappa shape index (κ2) is 5.44. The summed E-state index contributed by atoms with van der Waals surface area (Å²) in [5.41, 5.74) is 0.0834. The fourth-order valence-corrected chi connectivity index (χ4v) is 2.69. The highest BCUT2D eigenvalue weighted by Crippen LogP contribution is 2.22. The molecular formula is C12H10FN3O4S. The van der Waals surface area contributed by atoms with Gasteiger partial charge in [-0.05, 0) is 25.1 Å². The average molecular weight is 311 g/mol. The van der Waals surface area contributed by atoms with Crippen LogP contribution in [0.1, 0.15) is 5.69 Å². The van der Waals surface area contributed by atoms with Gasteiger partial charge in [0, 0.05) is 24.0 Å². The molecule has 1 aromatic carbocycles. The second-order valence-corrected chi connectivity index (χ2v) is 5.84. The molecular weight excluding hydrogens is 301 g/mol. The summed E-state index contributed by atoms with van der Waals surface area (Å²) in [4.78, 5) is 13.1. The number of hydrogen-bond acceptors (Lipinski definition) is 5. The van der Waals surface area contributed by atoms with Gasteiger partial charge in [-0.25, -0.2) is 8.42 Å². The van der Waals surface area contributed by atoms with Crippen LogP contribution in [0.5, 0.6) is 0 Å². The van der Waals surface area contributed by atoms with Crippen molar-refractivity contribution in [3.05, 3.63) is 58.2 Å². The molecule has 0 atom stereocenters. The van der Waals surface area contributed by atoms with E-state index in [1.54, 1.807) is 6.92 Å². The molecule has 0 unspecified atom stereocenters. The van der Waals surface area contributed by atoms with Crippen LogP contribution < -0.4 is 4.72 Å². The lowest BCUT2D eigenvalue weighted by atomic mass is 10.3. The predicted octanol–water partition coefficient (Wildman–Crippen LogP) is 2.24. The fraction of sp³-hybridized carbons (Fsp3) is 0.0833. The van der Waals surface area contributed by atoms with Crippen LogP contribution in [0.4, 0.5) is 15.8 Å². The van der Waals surface area contributed by atoms with E-state index < -0.39 is 31.3 Å². The third kappa shape index (κ3) is 3.31. The van der Waals surface area contributed by atoms with Crippen LogP contribution in [0.3, 0.4) is 0 Å². The van der Waals surface area contributed by atoms with Crippen molar-refractivity contribution in [2.75, 3.05) is 4.72 Å². The number of halogens is 1. The first-order valence-corrected chi connectivity index (χ1v) is 7.17. The minimum absolute atomic E-state index is 0.265. The molecule has 0 saturated heterocycles. The third-order valence-electron chi connectivity index (χ3n) is 2.58. The minimum atomic E-state index is -4.04. The smallest absolute Gasteiger partial charge is 0.280 e. The van der Waals surface area contributed by atoms with E-state index in [0.29, 0.717) is 11.8 Å². The van der Waals surface area contributed by atoms with Gasteiger partial charge in [0.15, 0.2) is 0 Å². The van der Waals surface area contributed by atoms with E-state index in [2.05, 4.69) is 9.71 Å². The molecule has 2 aromatic rings. The molecule has 0 aliphatic rings.